The summed E-state index contributed by atoms with van der Waals surface area (Å²) in [5.41, 5.74) is 2.61. The molecule has 2 rings (SSSR count). The molecular formula is C23H31NO3. The molecule has 146 valence electrons. The summed E-state index contributed by atoms with van der Waals surface area (Å²) < 4.78 is 11.6. The highest BCUT2D eigenvalue weighted by Gasteiger charge is 2.19. The predicted molar refractivity (Wildman–Crippen MR) is 110 cm³/mol. The number of nitrogens with one attached hydrogen (secondary N) is 1. The van der Waals surface area contributed by atoms with E-state index in [0.29, 0.717) is 24.5 Å². The third kappa shape index (κ3) is 5.75. The number of methoxy groups -OCH3 is 1. The van der Waals surface area contributed by atoms with Crippen molar-refractivity contribution in [2.45, 2.75) is 52.6 Å². The minimum atomic E-state index is -0.0672. The van der Waals surface area contributed by atoms with Gasteiger partial charge in [0.1, 0.15) is 18.1 Å². The summed E-state index contributed by atoms with van der Waals surface area (Å²) in [6, 6.07) is 13.5. The number of carbonyl (C=O) groups excluding carboxylic acids is 1. The van der Waals surface area contributed by atoms with Crippen molar-refractivity contribution in [3.63, 3.8) is 0 Å². The largest absolute Gasteiger partial charge is 0.496 e. The number of ether oxygens (including phenoxy) is 2. The van der Waals surface area contributed by atoms with Gasteiger partial charge in [0.05, 0.1) is 7.11 Å². The summed E-state index contributed by atoms with van der Waals surface area (Å²) in [5, 5.41) is 2.95. The number of amides is 1. The average Bonchev–Trinajstić information content (AvgIpc) is 2.65. The van der Waals surface area contributed by atoms with Crippen LogP contribution >= 0.6 is 0 Å². The summed E-state index contributed by atoms with van der Waals surface area (Å²) in [6.07, 6.45) is 2.02. The zero-order valence-corrected chi connectivity index (χ0v) is 17.1. The molecule has 0 aliphatic carbocycles. The Morgan fingerprint density at radius 2 is 1.81 bits per heavy atom. The molecule has 2 aromatic rings. The Morgan fingerprint density at radius 1 is 1.07 bits per heavy atom. The van der Waals surface area contributed by atoms with Crippen LogP contribution in [0, 0.1) is 0 Å². The van der Waals surface area contributed by atoms with E-state index in [1.165, 1.54) is 0 Å². The molecule has 0 bridgehead atoms. The Bertz CT molecular complexity index is 762. The molecule has 0 saturated carbocycles. The first-order valence-corrected chi connectivity index (χ1v) is 9.54. The standard InChI is InChI=1S/C23H31NO3/c1-6-7-14-24-22(25)17-12-13-20(26-5)18(15-17)16-27-21-11-9-8-10-19(21)23(2,3)4/h8-13,15H,6-7,14,16H2,1-5H3,(H,24,25). The van der Waals surface area contributed by atoms with Crippen LogP contribution in [-0.4, -0.2) is 19.6 Å². The second kappa shape index (κ2) is 9.45. The summed E-state index contributed by atoms with van der Waals surface area (Å²) in [4.78, 5) is 12.3. The summed E-state index contributed by atoms with van der Waals surface area (Å²) in [7, 11) is 1.63. The Kier molecular flexibility index (Phi) is 7.28. The molecule has 0 heterocycles. The van der Waals surface area contributed by atoms with Crippen LogP contribution in [0.2, 0.25) is 0 Å². The maximum atomic E-state index is 12.3. The van der Waals surface area contributed by atoms with Crippen molar-refractivity contribution in [1.82, 2.24) is 5.32 Å². The number of para-hydroxylation sites is 1. The maximum Gasteiger partial charge on any atom is 0.251 e. The van der Waals surface area contributed by atoms with Crippen molar-refractivity contribution in [3.8, 4) is 11.5 Å². The second-order valence-electron chi connectivity index (χ2n) is 7.67. The molecule has 0 spiro atoms. The average molecular weight is 370 g/mol. The maximum absolute atomic E-state index is 12.3. The molecule has 2 aromatic carbocycles. The van der Waals surface area contributed by atoms with E-state index >= 15 is 0 Å². The van der Waals surface area contributed by atoms with Gasteiger partial charge in [0.2, 0.25) is 0 Å². The van der Waals surface area contributed by atoms with Gasteiger partial charge >= 0.3 is 0 Å². The number of benzene rings is 2. The quantitative estimate of drug-likeness (QED) is 0.659. The minimum Gasteiger partial charge on any atom is -0.496 e. The smallest absolute Gasteiger partial charge is 0.251 e. The molecule has 0 saturated heterocycles. The van der Waals surface area contributed by atoms with E-state index in [0.717, 1.165) is 29.7 Å². The van der Waals surface area contributed by atoms with Crippen molar-refractivity contribution in [2.24, 2.45) is 0 Å². The molecule has 1 amide bonds. The third-order valence-corrected chi connectivity index (χ3v) is 4.44. The van der Waals surface area contributed by atoms with Crippen molar-refractivity contribution < 1.29 is 14.3 Å². The van der Waals surface area contributed by atoms with E-state index in [1.807, 2.05) is 30.3 Å². The van der Waals surface area contributed by atoms with Gasteiger partial charge in [0.25, 0.3) is 5.91 Å². The molecule has 0 atom stereocenters. The van der Waals surface area contributed by atoms with E-state index in [1.54, 1.807) is 13.2 Å². The number of unbranched alkanes of at least 4 members (excludes halogenated alkanes) is 1. The van der Waals surface area contributed by atoms with Crippen molar-refractivity contribution in [1.29, 1.82) is 0 Å². The lowest BCUT2D eigenvalue weighted by Gasteiger charge is -2.23. The van der Waals surface area contributed by atoms with Crippen molar-refractivity contribution >= 4 is 5.91 Å². The SMILES string of the molecule is CCCCNC(=O)c1ccc(OC)c(COc2ccccc2C(C)(C)C)c1. The molecule has 0 aromatic heterocycles. The van der Waals surface area contributed by atoms with Gasteiger partial charge in [0, 0.05) is 17.7 Å². The lowest BCUT2D eigenvalue weighted by molar-refractivity contribution is 0.0953. The number of hydrogen-bond acceptors (Lipinski definition) is 3. The van der Waals surface area contributed by atoms with Gasteiger partial charge in [-0.1, -0.05) is 52.3 Å². The van der Waals surface area contributed by atoms with Crippen LogP contribution < -0.4 is 14.8 Å². The lowest BCUT2D eigenvalue weighted by atomic mass is 9.86. The highest BCUT2D eigenvalue weighted by Crippen LogP contribution is 2.32. The van der Waals surface area contributed by atoms with Crippen LogP contribution in [0.25, 0.3) is 0 Å². The molecule has 0 radical (unpaired) electrons. The van der Waals surface area contributed by atoms with Crippen molar-refractivity contribution in [2.75, 3.05) is 13.7 Å². The molecule has 0 fully saturated rings. The fraction of sp³-hybridized carbons (Fsp3) is 0.435. The van der Waals surface area contributed by atoms with Crippen LogP contribution in [-0.2, 0) is 12.0 Å². The van der Waals surface area contributed by atoms with E-state index in [-0.39, 0.29) is 11.3 Å². The Labute approximate surface area is 162 Å². The van der Waals surface area contributed by atoms with Gasteiger partial charge in [-0.25, -0.2) is 0 Å². The number of carbonyl (C=O) groups is 1. The van der Waals surface area contributed by atoms with Crippen LogP contribution in [0.1, 0.15) is 62.0 Å². The topological polar surface area (TPSA) is 47.6 Å². The predicted octanol–water partition coefficient (Wildman–Crippen LogP) is 5.10. The first-order chi connectivity index (χ1) is 12.9. The summed E-state index contributed by atoms with van der Waals surface area (Å²) in [6.45, 7) is 9.62. The highest BCUT2D eigenvalue weighted by atomic mass is 16.5. The zero-order chi connectivity index (χ0) is 19.9. The minimum absolute atomic E-state index is 0.0122. The molecule has 0 aliphatic rings. The van der Waals surface area contributed by atoms with Gasteiger partial charge in [-0.05, 0) is 41.7 Å². The lowest BCUT2D eigenvalue weighted by Crippen LogP contribution is -2.24. The van der Waals surface area contributed by atoms with Gasteiger partial charge in [-0.3, -0.25) is 4.79 Å². The van der Waals surface area contributed by atoms with E-state index < -0.39 is 0 Å². The summed E-state index contributed by atoms with van der Waals surface area (Å²) in [5.74, 6) is 1.50. The third-order valence-electron chi connectivity index (χ3n) is 4.44. The van der Waals surface area contributed by atoms with Gasteiger partial charge in [0.15, 0.2) is 0 Å². The van der Waals surface area contributed by atoms with Gasteiger partial charge in [-0.2, -0.15) is 0 Å². The number of rotatable bonds is 8. The van der Waals surface area contributed by atoms with Crippen LogP contribution in [0.4, 0.5) is 0 Å². The monoisotopic (exact) mass is 369 g/mol. The van der Waals surface area contributed by atoms with Gasteiger partial charge < -0.3 is 14.8 Å². The zero-order valence-electron chi connectivity index (χ0n) is 17.1. The molecule has 0 unspecified atom stereocenters. The van der Waals surface area contributed by atoms with Crippen LogP contribution in [0.5, 0.6) is 11.5 Å². The van der Waals surface area contributed by atoms with Gasteiger partial charge in [-0.15, -0.1) is 0 Å². The van der Waals surface area contributed by atoms with Crippen LogP contribution in [0.15, 0.2) is 42.5 Å². The normalized spacial score (nSPS) is 11.1. The first-order valence-electron chi connectivity index (χ1n) is 9.54. The molecule has 27 heavy (non-hydrogen) atoms. The Hall–Kier alpha value is -2.49. The van der Waals surface area contributed by atoms with E-state index in [2.05, 4.69) is 39.1 Å². The molecule has 4 nitrogen and oxygen atoms in total. The Morgan fingerprint density at radius 3 is 2.48 bits per heavy atom. The fourth-order valence-corrected chi connectivity index (χ4v) is 2.88. The summed E-state index contributed by atoms with van der Waals surface area (Å²) >= 11 is 0. The Balaban J connectivity index is 2.18. The van der Waals surface area contributed by atoms with Crippen LogP contribution in [0.3, 0.4) is 0 Å². The molecule has 1 N–H and O–H groups in total. The highest BCUT2D eigenvalue weighted by molar-refractivity contribution is 5.94. The molecule has 4 heteroatoms. The number of hydrogen-bond donors (Lipinski definition) is 1. The second-order valence-corrected chi connectivity index (χ2v) is 7.67. The fourth-order valence-electron chi connectivity index (χ4n) is 2.88. The molecular weight excluding hydrogens is 338 g/mol. The first kappa shape index (κ1) is 20.8. The van der Waals surface area contributed by atoms with E-state index in [9.17, 15) is 4.79 Å². The molecule has 0 aliphatic heterocycles. The van der Waals surface area contributed by atoms with E-state index in [4.69, 9.17) is 9.47 Å². The van der Waals surface area contributed by atoms with Crippen molar-refractivity contribution in [3.05, 3.63) is 59.2 Å².